The minimum atomic E-state index is -0.829. The second-order valence-corrected chi connectivity index (χ2v) is 5.09. The summed E-state index contributed by atoms with van der Waals surface area (Å²) in [5.41, 5.74) is 0. The molecule has 1 aromatic carbocycles. The lowest BCUT2D eigenvalue weighted by Gasteiger charge is -2.30. The van der Waals surface area contributed by atoms with Gasteiger partial charge < -0.3 is 14.7 Å². The van der Waals surface area contributed by atoms with Crippen LogP contribution in [0.3, 0.4) is 0 Å². The number of benzene rings is 1. The van der Waals surface area contributed by atoms with Gasteiger partial charge in [0, 0.05) is 17.3 Å². The number of carboxylic acids is 1. The maximum atomic E-state index is 11.4. The summed E-state index contributed by atoms with van der Waals surface area (Å²) in [5.74, 6) is -0.646. The number of aliphatic carboxylic acids is 1. The normalized spacial score (nSPS) is 21.6. The summed E-state index contributed by atoms with van der Waals surface area (Å²) < 4.78 is 5.38. The fraction of sp³-hybridized carbons (Fsp3) is 0.400. The van der Waals surface area contributed by atoms with Crippen LogP contribution < -0.4 is 4.90 Å². The fourth-order valence-electron chi connectivity index (χ4n) is 2.85. The van der Waals surface area contributed by atoms with Crippen LogP contribution in [0.25, 0.3) is 10.8 Å². The van der Waals surface area contributed by atoms with E-state index in [4.69, 9.17) is 4.74 Å². The molecule has 0 amide bonds. The first-order valence-electron chi connectivity index (χ1n) is 7.00. The van der Waals surface area contributed by atoms with E-state index in [0.29, 0.717) is 13.2 Å². The number of rotatable bonds is 4. The minimum absolute atomic E-state index is 0.215. The van der Waals surface area contributed by atoms with E-state index in [2.05, 4.69) is 10.2 Å². The van der Waals surface area contributed by atoms with Gasteiger partial charge in [0.2, 0.25) is 0 Å². The lowest BCUT2D eigenvalue weighted by molar-refractivity contribution is -0.141. The molecular weight excluding hydrogens is 270 g/mol. The Labute approximate surface area is 122 Å². The molecular formula is C15H17N3O3. The summed E-state index contributed by atoms with van der Waals surface area (Å²) in [6.07, 6.45) is 1.71. The second-order valence-electron chi connectivity index (χ2n) is 5.09. The van der Waals surface area contributed by atoms with Crippen molar-refractivity contribution in [2.24, 2.45) is 5.92 Å². The van der Waals surface area contributed by atoms with Gasteiger partial charge in [0.25, 0.3) is 0 Å². The van der Waals surface area contributed by atoms with Crippen LogP contribution in [0.2, 0.25) is 0 Å². The Balaban J connectivity index is 2.04. The zero-order valence-corrected chi connectivity index (χ0v) is 11.8. The van der Waals surface area contributed by atoms with Crippen LogP contribution in [0, 0.1) is 5.92 Å². The quantitative estimate of drug-likeness (QED) is 0.919. The number of anilines is 1. The highest BCUT2D eigenvalue weighted by molar-refractivity contribution is 5.91. The molecule has 110 valence electrons. The third-order valence-corrected chi connectivity index (χ3v) is 3.93. The van der Waals surface area contributed by atoms with Gasteiger partial charge in [-0.2, -0.15) is 5.10 Å². The van der Waals surface area contributed by atoms with Gasteiger partial charge >= 0.3 is 5.97 Å². The molecule has 1 saturated heterocycles. The van der Waals surface area contributed by atoms with E-state index in [1.165, 1.54) is 0 Å². The first kappa shape index (κ1) is 13.8. The predicted octanol–water partition coefficient (Wildman–Crippen LogP) is 1.56. The summed E-state index contributed by atoms with van der Waals surface area (Å²) in [4.78, 5) is 13.4. The van der Waals surface area contributed by atoms with Crippen molar-refractivity contribution in [1.82, 2.24) is 10.2 Å². The molecule has 0 saturated carbocycles. The molecule has 0 aliphatic carbocycles. The van der Waals surface area contributed by atoms with Crippen LogP contribution >= 0.6 is 0 Å². The summed E-state index contributed by atoms with van der Waals surface area (Å²) in [6.45, 7) is 3.28. The van der Waals surface area contributed by atoms with Crippen molar-refractivity contribution in [1.29, 1.82) is 0 Å². The summed E-state index contributed by atoms with van der Waals surface area (Å²) in [7, 11) is 0. The standard InChI is InChI=1S/C15H17N3O3/c1-2-18(13-9-21-8-12(13)15(19)20)14-11-6-4-3-5-10(11)7-16-17-14/h3-7,12-13H,2,8-9H2,1H3,(H,19,20). The van der Waals surface area contributed by atoms with E-state index < -0.39 is 11.9 Å². The average Bonchev–Trinajstić information content (AvgIpc) is 2.98. The van der Waals surface area contributed by atoms with Gasteiger partial charge in [0.05, 0.1) is 25.5 Å². The van der Waals surface area contributed by atoms with Gasteiger partial charge in [-0.25, -0.2) is 0 Å². The third kappa shape index (κ3) is 2.42. The van der Waals surface area contributed by atoms with Crippen molar-refractivity contribution >= 4 is 22.6 Å². The highest BCUT2D eigenvalue weighted by Gasteiger charge is 2.38. The molecule has 0 bridgehead atoms. The van der Waals surface area contributed by atoms with Crippen LogP contribution in [0.15, 0.2) is 30.5 Å². The van der Waals surface area contributed by atoms with Crippen molar-refractivity contribution in [3.05, 3.63) is 30.5 Å². The summed E-state index contributed by atoms with van der Waals surface area (Å²) >= 11 is 0. The molecule has 2 aromatic rings. The van der Waals surface area contributed by atoms with Crippen molar-refractivity contribution in [2.75, 3.05) is 24.7 Å². The SMILES string of the molecule is CCN(c1nncc2ccccc12)C1COCC1C(=O)O. The topological polar surface area (TPSA) is 75.5 Å². The summed E-state index contributed by atoms with van der Waals surface area (Å²) in [5, 5.41) is 19.6. The largest absolute Gasteiger partial charge is 0.481 e. The van der Waals surface area contributed by atoms with Gasteiger partial charge in [-0.15, -0.1) is 5.10 Å². The Hall–Kier alpha value is -2.21. The van der Waals surface area contributed by atoms with Gasteiger partial charge in [0.1, 0.15) is 5.92 Å². The predicted molar refractivity (Wildman–Crippen MR) is 78.3 cm³/mol. The first-order chi connectivity index (χ1) is 10.2. The molecule has 6 heteroatoms. The Morgan fingerprint density at radius 2 is 2.24 bits per heavy atom. The van der Waals surface area contributed by atoms with Crippen molar-refractivity contribution in [3.8, 4) is 0 Å². The highest BCUT2D eigenvalue weighted by atomic mass is 16.5. The number of hydrogen-bond donors (Lipinski definition) is 1. The molecule has 1 aliphatic rings. The molecule has 0 spiro atoms. The van der Waals surface area contributed by atoms with Crippen LogP contribution in [0.1, 0.15) is 6.92 Å². The Morgan fingerprint density at radius 1 is 1.43 bits per heavy atom. The van der Waals surface area contributed by atoms with Crippen molar-refractivity contribution in [3.63, 3.8) is 0 Å². The van der Waals surface area contributed by atoms with Crippen molar-refractivity contribution in [2.45, 2.75) is 13.0 Å². The lowest BCUT2D eigenvalue weighted by Crippen LogP contribution is -2.43. The van der Waals surface area contributed by atoms with E-state index in [0.717, 1.165) is 16.6 Å². The third-order valence-electron chi connectivity index (χ3n) is 3.93. The number of likely N-dealkylation sites (N-methyl/N-ethyl adjacent to an activating group) is 1. The van der Waals surface area contributed by atoms with E-state index >= 15 is 0 Å². The number of carboxylic acid groups (broad SMARTS) is 1. The molecule has 21 heavy (non-hydrogen) atoms. The number of carbonyl (C=O) groups is 1. The Bertz CT molecular complexity index is 656. The molecule has 1 fully saturated rings. The molecule has 1 aliphatic heterocycles. The number of ether oxygens (including phenoxy) is 1. The Morgan fingerprint density at radius 3 is 3.00 bits per heavy atom. The average molecular weight is 287 g/mol. The van der Waals surface area contributed by atoms with E-state index in [1.54, 1.807) is 6.20 Å². The fourth-order valence-corrected chi connectivity index (χ4v) is 2.85. The minimum Gasteiger partial charge on any atom is -0.481 e. The van der Waals surface area contributed by atoms with Crippen LogP contribution in [0.5, 0.6) is 0 Å². The molecule has 3 rings (SSSR count). The number of aromatic nitrogens is 2. The monoisotopic (exact) mass is 287 g/mol. The van der Waals surface area contributed by atoms with Gasteiger partial charge in [-0.3, -0.25) is 4.79 Å². The number of hydrogen-bond acceptors (Lipinski definition) is 5. The van der Waals surface area contributed by atoms with Gasteiger partial charge in [-0.1, -0.05) is 24.3 Å². The molecule has 1 N–H and O–H groups in total. The Kier molecular flexibility index (Phi) is 3.70. The number of nitrogens with zero attached hydrogens (tertiary/aromatic N) is 3. The number of fused-ring (bicyclic) bond motifs is 1. The van der Waals surface area contributed by atoms with Crippen molar-refractivity contribution < 1.29 is 14.6 Å². The van der Waals surface area contributed by atoms with Crippen LogP contribution in [-0.4, -0.2) is 47.1 Å². The van der Waals surface area contributed by atoms with Crippen LogP contribution in [-0.2, 0) is 9.53 Å². The lowest BCUT2D eigenvalue weighted by atomic mass is 10.0. The maximum absolute atomic E-state index is 11.4. The molecule has 0 radical (unpaired) electrons. The van der Waals surface area contributed by atoms with E-state index in [-0.39, 0.29) is 12.6 Å². The zero-order chi connectivity index (χ0) is 14.8. The molecule has 1 aromatic heterocycles. The zero-order valence-electron chi connectivity index (χ0n) is 11.8. The smallest absolute Gasteiger partial charge is 0.311 e. The van der Waals surface area contributed by atoms with Gasteiger partial charge in [-0.05, 0) is 6.92 Å². The van der Waals surface area contributed by atoms with E-state index in [1.807, 2.05) is 36.1 Å². The summed E-state index contributed by atoms with van der Waals surface area (Å²) in [6, 6.07) is 7.63. The van der Waals surface area contributed by atoms with Gasteiger partial charge in [0.15, 0.2) is 5.82 Å². The second kappa shape index (κ2) is 5.65. The highest BCUT2D eigenvalue weighted by Crippen LogP contribution is 2.29. The molecule has 2 atom stereocenters. The molecule has 6 nitrogen and oxygen atoms in total. The van der Waals surface area contributed by atoms with E-state index in [9.17, 15) is 9.90 Å². The maximum Gasteiger partial charge on any atom is 0.311 e. The molecule has 2 heterocycles. The first-order valence-corrected chi connectivity index (χ1v) is 7.00. The molecule has 2 unspecified atom stereocenters. The van der Waals surface area contributed by atoms with Crippen LogP contribution in [0.4, 0.5) is 5.82 Å².